The number of phosphoric acid groups is 2. The number of carbonyl (C=O) groups is 3. The zero-order valence-electron chi connectivity index (χ0n) is 56.4. The first-order valence-electron chi connectivity index (χ1n) is 35.6. The van der Waals surface area contributed by atoms with Gasteiger partial charge in [-0.25, -0.2) is 9.13 Å². The summed E-state index contributed by atoms with van der Waals surface area (Å²) in [4.78, 5) is 58.4. The zero-order valence-corrected chi connectivity index (χ0v) is 58.1. The Morgan fingerprint density at radius 3 is 0.921 bits per heavy atom. The molecule has 0 aromatic heterocycles. The van der Waals surface area contributed by atoms with Gasteiger partial charge in [-0.2, -0.15) is 0 Å². The van der Waals surface area contributed by atoms with Crippen molar-refractivity contribution < 1.29 is 75.8 Å². The van der Waals surface area contributed by atoms with E-state index >= 15 is 0 Å². The molecule has 16 nitrogen and oxygen atoms in total. The Labute approximate surface area is 541 Å². The molecular formula is C71H130O16P2. The minimum atomic E-state index is -4.92. The van der Waals surface area contributed by atoms with Gasteiger partial charge in [0.05, 0.1) is 26.4 Å². The molecule has 0 amide bonds. The van der Waals surface area contributed by atoms with Crippen LogP contribution < -0.4 is 0 Å². The van der Waals surface area contributed by atoms with Crippen LogP contribution in [-0.4, -0.2) is 95.9 Å². The highest BCUT2D eigenvalue weighted by molar-refractivity contribution is 7.47. The molecule has 89 heavy (non-hydrogen) atoms. The smallest absolute Gasteiger partial charge is 0.463 e. The Bertz CT molecular complexity index is 1870. The first-order chi connectivity index (χ1) is 43.2. The molecule has 520 valence electrons. The number of esters is 3. The molecule has 0 radical (unpaired) electrons. The summed E-state index contributed by atoms with van der Waals surface area (Å²) < 4.78 is 60.9. The highest BCUT2D eigenvalue weighted by Crippen LogP contribution is 2.45. The number of rotatable bonds is 68. The average molecular weight is 1300 g/mol. The first-order valence-corrected chi connectivity index (χ1v) is 38.6. The molecule has 5 atom stereocenters. The standard InChI is InChI=1S/C71H130O16P2/c1-4-7-10-13-16-19-22-25-28-29-30-31-32-33-34-35-38-40-42-45-48-51-54-57-69(74)81-60-66(72)61-83-88(77,78)84-62-67(73)63-85-89(79,80)86-65-68(87-71(76)59-56-53-50-47-44-41-37-27-24-21-18-15-12-9-6-3)64-82-70(75)58-55-52-49-46-43-39-36-26-23-20-17-14-11-8-5-2/h16,19,25-26,28,30-31,33-34,36,66-68,72-73H,4-15,17-18,20-24,27,29,32,35,37-65H2,1-3H3,(H,77,78)(H,79,80)/b19-16-,28-25-,31-30-,34-33-,36-26-. The average Bonchev–Trinajstić information content (AvgIpc) is 3.65. The van der Waals surface area contributed by atoms with Crippen LogP contribution in [0.3, 0.4) is 0 Å². The monoisotopic (exact) mass is 1300 g/mol. The van der Waals surface area contributed by atoms with Crippen molar-refractivity contribution in [2.45, 2.75) is 334 Å². The molecule has 0 fully saturated rings. The van der Waals surface area contributed by atoms with Crippen molar-refractivity contribution in [3.05, 3.63) is 60.8 Å². The fourth-order valence-electron chi connectivity index (χ4n) is 9.73. The Balaban J connectivity index is 4.58. The molecule has 0 saturated carbocycles. The lowest BCUT2D eigenvalue weighted by atomic mass is 10.0. The SMILES string of the molecule is CCCCC/C=C\C/C=C\C/C=C\C/C=C\CCCCCCCCCC(=O)OCC(O)COP(=O)(O)OCC(O)COP(=O)(O)OCC(COC(=O)CCCCCCC/C=C\CCCCCCCC)OC(=O)CCCCCCCCCCCCCCCCC. The van der Waals surface area contributed by atoms with Gasteiger partial charge in [-0.1, -0.05) is 268 Å². The molecule has 0 spiro atoms. The Kier molecular flexibility index (Phi) is 63.3. The van der Waals surface area contributed by atoms with Gasteiger partial charge in [0.25, 0.3) is 0 Å². The number of hydrogen-bond acceptors (Lipinski definition) is 14. The molecule has 4 N–H and O–H groups in total. The summed E-state index contributed by atoms with van der Waals surface area (Å²) in [6.07, 6.45) is 66.9. The van der Waals surface area contributed by atoms with Crippen molar-refractivity contribution in [2.75, 3.05) is 39.6 Å². The van der Waals surface area contributed by atoms with E-state index in [0.717, 1.165) is 128 Å². The summed E-state index contributed by atoms with van der Waals surface area (Å²) in [5.41, 5.74) is 0. The van der Waals surface area contributed by atoms with Crippen molar-refractivity contribution in [3.63, 3.8) is 0 Å². The van der Waals surface area contributed by atoms with E-state index in [-0.39, 0.29) is 19.3 Å². The van der Waals surface area contributed by atoms with Gasteiger partial charge in [0.15, 0.2) is 6.10 Å². The molecule has 0 aliphatic rings. The highest BCUT2D eigenvalue weighted by Gasteiger charge is 2.29. The van der Waals surface area contributed by atoms with Crippen LogP contribution in [0.4, 0.5) is 0 Å². The van der Waals surface area contributed by atoms with Crippen LogP contribution in [0.25, 0.3) is 0 Å². The van der Waals surface area contributed by atoms with Gasteiger partial charge in [0.1, 0.15) is 25.4 Å². The summed E-state index contributed by atoms with van der Waals surface area (Å²) in [6.45, 7) is 2.66. The minimum absolute atomic E-state index is 0.109. The normalized spacial score (nSPS) is 14.6. The summed E-state index contributed by atoms with van der Waals surface area (Å²) in [5, 5.41) is 20.6. The van der Waals surface area contributed by atoms with Crippen molar-refractivity contribution in [1.29, 1.82) is 0 Å². The van der Waals surface area contributed by atoms with E-state index < -0.39 is 91.5 Å². The van der Waals surface area contributed by atoms with Crippen molar-refractivity contribution in [3.8, 4) is 0 Å². The summed E-state index contributed by atoms with van der Waals surface area (Å²) in [7, 11) is -9.77. The Morgan fingerprint density at radius 1 is 0.315 bits per heavy atom. The third kappa shape index (κ3) is 66.5. The van der Waals surface area contributed by atoms with Crippen LogP contribution in [0.2, 0.25) is 0 Å². The molecule has 0 heterocycles. The third-order valence-electron chi connectivity index (χ3n) is 15.2. The van der Waals surface area contributed by atoms with Crippen LogP contribution in [0.5, 0.6) is 0 Å². The first kappa shape index (κ1) is 86.2. The second-order valence-electron chi connectivity index (χ2n) is 24.0. The van der Waals surface area contributed by atoms with Gasteiger partial charge >= 0.3 is 33.6 Å². The number of ether oxygens (including phenoxy) is 3. The van der Waals surface area contributed by atoms with E-state index in [2.05, 4.69) is 81.5 Å². The molecule has 0 aliphatic heterocycles. The molecule has 0 aliphatic carbocycles. The predicted molar refractivity (Wildman–Crippen MR) is 362 cm³/mol. The van der Waals surface area contributed by atoms with Crippen LogP contribution in [0.1, 0.15) is 316 Å². The summed E-state index contributed by atoms with van der Waals surface area (Å²) in [5.74, 6) is -1.58. The van der Waals surface area contributed by atoms with Crippen molar-refractivity contribution >= 4 is 33.6 Å². The van der Waals surface area contributed by atoms with Crippen LogP contribution in [-0.2, 0) is 55.8 Å². The zero-order chi connectivity index (χ0) is 65.3. The molecular weight excluding hydrogens is 1170 g/mol. The van der Waals surface area contributed by atoms with E-state index in [9.17, 15) is 43.5 Å². The number of hydrogen-bond donors (Lipinski definition) is 4. The number of carbonyl (C=O) groups excluding carboxylic acids is 3. The molecule has 0 saturated heterocycles. The summed E-state index contributed by atoms with van der Waals surface area (Å²) in [6, 6.07) is 0. The molecule has 0 bridgehead atoms. The topological polar surface area (TPSA) is 231 Å². The molecule has 5 unspecified atom stereocenters. The fourth-order valence-corrected chi connectivity index (χ4v) is 11.3. The van der Waals surface area contributed by atoms with E-state index in [1.54, 1.807) is 0 Å². The number of unbranched alkanes of at least 4 members (excludes halogenated alkanes) is 35. The molecule has 0 rings (SSSR count). The van der Waals surface area contributed by atoms with Crippen LogP contribution in [0, 0.1) is 0 Å². The lowest BCUT2D eigenvalue weighted by Crippen LogP contribution is -2.30. The van der Waals surface area contributed by atoms with Gasteiger partial charge in [-0.05, 0) is 89.9 Å². The summed E-state index contributed by atoms with van der Waals surface area (Å²) >= 11 is 0. The van der Waals surface area contributed by atoms with Crippen LogP contribution in [0.15, 0.2) is 60.8 Å². The van der Waals surface area contributed by atoms with Gasteiger partial charge in [0, 0.05) is 19.3 Å². The number of phosphoric ester groups is 2. The predicted octanol–water partition coefficient (Wildman–Crippen LogP) is 19.8. The molecule has 0 aromatic rings. The number of allylic oxidation sites excluding steroid dienone is 10. The molecule has 18 heteroatoms. The van der Waals surface area contributed by atoms with Crippen molar-refractivity contribution in [2.24, 2.45) is 0 Å². The maximum absolute atomic E-state index is 12.9. The van der Waals surface area contributed by atoms with Crippen LogP contribution >= 0.6 is 15.6 Å². The highest BCUT2D eigenvalue weighted by atomic mass is 31.2. The minimum Gasteiger partial charge on any atom is -0.463 e. The van der Waals surface area contributed by atoms with Crippen molar-refractivity contribution in [1.82, 2.24) is 0 Å². The van der Waals surface area contributed by atoms with Gasteiger partial charge in [-0.15, -0.1) is 0 Å². The van der Waals surface area contributed by atoms with E-state index in [1.807, 2.05) is 0 Å². The van der Waals surface area contributed by atoms with E-state index in [1.165, 1.54) is 128 Å². The molecule has 0 aromatic carbocycles. The van der Waals surface area contributed by atoms with Gasteiger partial charge in [0.2, 0.25) is 0 Å². The number of aliphatic hydroxyl groups excluding tert-OH is 2. The Hall–Kier alpha value is -2.75. The second kappa shape index (κ2) is 65.3. The largest absolute Gasteiger partial charge is 0.472 e. The van der Waals surface area contributed by atoms with Gasteiger partial charge < -0.3 is 34.2 Å². The quantitative estimate of drug-likeness (QED) is 0.0146. The van der Waals surface area contributed by atoms with E-state index in [0.29, 0.717) is 19.3 Å². The maximum Gasteiger partial charge on any atom is 0.472 e. The lowest BCUT2D eigenvalue weighted by Gasteiger charge is -2.21. The lowest BCUT2D eigenvalue weighted by molar-refractivity contribution is -0.161. The fraction of sp³-hybridized carbons (Fsp3) is 0.817. The third-order valence-corrected chi connectivity index (χ3v) is 17.1. The second-order valence-corrected chi connectivity index (χ2v) is 26.9. The maximum atomic E-state index is 12.9. The van der Waals surface area contributed by atoms with E-state index in [4.69, 9.17) is 32.3 Å². The Morgan fingerprint density at radius 2 is 0.562 bits per heavy atom. The van der Waals surface area contributed by atoms with Gasteiger partial charge in [-0.3, -0.25) is 32.5 Å². The number of aliphatic hydroxyl groups is 2.